The minimum atomic E-state index is -3.79. The molecule has 27 heavy (non-hydrogen) atoms. The van der Waals surface area contributed by atoms with Crippen LogP contribution in [0.1, 0.15) is 12.8 Å². The Morgan fingerprint density at radius 3 is 2.59 bits per heavy atom. The fourth-order valence-electron chi connectivity index (χ4n) is 3.57. The summed E-state index contributed by atoms with van der Waals surface area (Å²) >= 11 is 0. The Morgan fingerprint density at radius 1 is 1.11 bits per heavy atom. The fraction of sp³-hybridized carbons (Fsp3) is 0.444. The predicted molar refractivity (Wildman–Crippen MR) is 97.9 cm³/mol. The summed E-state index contributed by atoms with van der Waals surface area (Å²) in [7, 11) is -3.79. The molecule has 144 valence electrons. The first kappa shape index (κ1) is 18.1. The topological polar surface area (TPSA) is 84.7 Å². The summed E-state index contributed by atoms with van der Waals surface area (Å²) in [6.07, 6.45) is 4.06. The maximum atomic E-state index is 13.2. The molecule has 3 heterocycles. The van der Waals surface area contributed by atoms with Crippen molar-refractivity contribution in [3.8, 4) is 5.69 Å². The van der Waals surface area contributed by atoms with E-state index in [2.05, 4.69) is 5.10 Å². The molecule has 2 aromatic rings. The first-order valence-corrected chi connectivity index (χ1v) is 10.5. The molecule has 4 rings (SSSR count). The molecule has 0 saturated carbocycles. The highest BCUT2D eigenvalue weighted by Gasteiger charge is 2.41. The van der Waals surface area contributed by atoms with E-state index < -0.39 is 16.1 Å². The summed E-state index contributed by atoms with van der Waals surface area (Å²) in [6.45, 7) is 2.36. The van der Waals surface area contributed by atoms with E-state index in [1.54, 1.807) is 4.90 Å². The number of carbonyl (C=O) groups is 1. The van der Waals surface area contributed by atoms with Crippen LogP contribution in [0.3, 0.4) is 0 Å². The third-order valence-electron chi connectivity index (χ3n) is 5.00. The summed E-state index contributed by atoms with van der Waals surface area (Å²) in [4.78, 5) is 14.7. The second-order valence-corrected chi connectivity index (χ2v) is 8.56. The highest BCUT2D eigenvalue weighted by Crippen LogP contribution is 2.27. The molecule has 2 saturated heterocycles. The van der Waals surface area contributed by atoms with Gasteiger partial charge < -0.3 is 9.64 Å². The largest absolute Gasteiger partial charge is 0.378 e. The van der Waals surface area contributed by atoms with E-state index in [0.29, 0.717) is 45.7 Å². The lowest BCUT2D eigenvalue weighted by molar-refractivity contribution is -0.138. The monoisotopic (exact) mass is 390 g/mol. The molecule has 2 fully saturated rings. The van der Waals surface area contributed by atoms with Crippen molar-refractivity contribution >= 4 is 15.9 Å². The Labute approximate surface area is 158 Å². The number of sulfonamides is 1. The third-order valence-corrected chi connectivity index (χ3v) is 6.86. The molecule has 2 aliphatic rings. The number of benzene rings is 1. The quantitative estimate of drug-likeness (QED) is 0.774. The van der Waals surface area contributed by atoms with Crippen molar-refractivity contribution in [2.24, 2.45) is 0 Å². The molecule has 0 aliphatic carbocycles. The smallest absolute Gasteiger partial charge is 0.246 e. The summed E-state index contributed by atoms with van der Waals surface area (Å²) in [5, 5.41) is 4.18. The molecule has 9 heteroatoms. The molecule has 1 unspecified atom stereocenters. The van der Waals surface area contributed by atoms with E-state index in [-0.39, 0.29) is 10.8 Å². The Kier molecular flexibility index (Phi) is 4.98. The van der Waals surface area contributed by atoms with Crippen LogP contribution in [0.4, 0.5) is 0 Å². The van der Waals surface area contributed by atoms with Crippen molar-refractivity contribution in [1.82, 2.24) is 19.0 Å². The van der Waals surface area contributed by atoms with Gasteiger partial charge in [-0.3, -0.25) is 4.79 Å². The maximum Gasteiger partial charge on any atom is 0.246 e. The Morgan fingerprint density at radius 2 is 1.85 bits per heavy atom. The van der Waals surface area contributed by atoms with E-state index >= 15 is 0 Å². The zero-order valence-electron chi connectivity index (χ0n) is 14.9. The molecular formula is C18H22N4O4S. The van der Waals surface area contributed by atoms with Crippen LogP contribution < -0.4 is 0 Å². The lowest BCUT2D eigenvalue weighted by atomic mass is 10.2. The molecule has 0 bridgehead atoms. The molecule has 1 aromatic carbocycles. The Balaban J connectivity index is 1.57. The average molecular weight is 390 g/mol. The van der Waals surface area contributed by atoms with E-state index in [1.165, 1.54) is 21.4 Å². The van der Waals surface area contributed by atoms with Gasteiger partial charge >= 0.3 is 0 Å². The molecule has 1 atom stereocenters. The highest BCUT2D eigenvalue weighted by atomic mass is 32.2. The number of amides is 1. The van der Waals surface area contributed by atoms with Crippen molar-refractivity contribution in [3.63, 3.8) is 0 Å². The molecular weight excluding hydrogens is 368 g/mol. The summed E-state index contributed by atoms with van der Waals surface area (Å²) in [5.41, 5.74) is 0.779. The molecule has 1 aromatic heterocycles. The third kappa shape index (κ3) is 3.50. The van der Waals surface area contributed by atoms with Crippen molar-refractivity contribution in [3.05, 3.63) is 42.7 Å². The van der Waals surface area contributed by atoms with Crippen LogP contribution in [0.2, 0.25) is 0 Å². The minimum absolute atomic E-state index is 0.105. The molecule has 0 radical (unpaired) electrons. The van der Waals surface area contributed by atoms with Gasteiger partial charge in [-0.25, -0.2) is 13.1 Å². The van der Waals surface area contributed by atoms with Crippen LogP contribution in [0.25, 0.3) is 5.69 Å². The van der Waals surface area contributed by atoms with Gasteiger partial charge in [0.25, 0.3) is 0 Å². The van der Waals surface area contributed by atoms with Crippen LogP contribution in [0.5, 0.6) is 0 Å². The summed E-state index contributed by atoms with van der Waals surface area (Å²) in [5.74, 6) is -0.130. The number of hydrogen-bond donors (Lipinski definition) is 0. The zero-order chi connectivity index (χ0) is 18.9. The number of morpholine rings is 1. The van der Waals surface area contributed by atoms with Gasteiger partial charge in [-0.2, -0.15) is 9.40 Å². The normalized spacial score (nSPS) is 21.5. The predicted octanol–water partition coefficient (Wildman–Crippen LogP) is 0.884. The lowest BCUT2D eigenvalue weighted by Crippen LogP contribution is -2.50. The van der Waals surface area contributed by atoms with Crippen molar-refractivity contribution in [2.75, 3.05) is 32.8 Å². The van der Waals surface area contributed by atoms with Gasteiger partial charge in [-0.15, -0.1) is 0 Å². The van der Waals surface area contributed by atoms with Gasteiger partial charge in [-0.05, 0) is 25.0 Å². The van der Waals surface area contributed by atoms with Gasteiger partial charge in [0.1, 0.15) is 10.9 Å². The molecule has 8 nitrogen and oxygen atoms in total. The van der Waals surface area contributed by atoms with Crippen LogP contribution in [-0.4, -0.2) is 72.2 Å². The van der Waals surface area contributed by atoms with E-state index in [9.17, 15) is 13.2 Å². The van der Waals surface area contributed by atoms with Crippen LogP contribution >= 0.6 is 0 Å². The minimum Gasteiger partial charge on any atom is -0.378 e. The van der Waals surface area contributed by atoms with Crippen molar-refractivity contribution in [2.45, 2.75) is 23.8 Å². The van der Waals surface area contributed by atoms with Crippen molar-refractivity contribution < 1.29 is 17.9 Å². The van der Waals surface area contributed by atoms with E-state index in [0.717, 1.165) is 5.69 Å². The fourth-order valence-corrected chi connectivity index (χ4v) is 5.15. The maximum absolute atomic E-state index is 13.2. The SMILES string of the molecule is O=C(C1CCCN1S(=O)(=O)c1cnn(-c2ccccc2)c1)N1CCOCC1. The van der Waals surface area contributed by atoms with Gasteiger partial charge in [0.2, 0.25) is 15.9 Å². The average Bonchev–Trinajstić information content (AvgIpc) is 3.39. The second-order valence-electron chi connectivity index (χ2n) is 6.67. The van der Waals surface area contributed by atoms with E-state index in [4.69, 9.17) is 4.74 Å². The van der Waals surface area contributed by atoms with Gasteiger partial charge in [0.05, 0.1) is 31.3 Å². The number of ether oxygens (including phenoxy) is 1. The summed E-state index contributed by atoms with van der Waals surface area (Å²) in [6, 6.07) is 8.67. The number of para-hydroxylation sites is 1. The molecule has 1 amide bonds. The van der Waals surface area contributed by atoms with Gasteiger partial charge in [0, 0.05) is 19.6 Å². The van der Waals surface area contributed by atoms with Crippen LogP contribution in [0, 0.1) is 0 Å². The standard InChI is InChI=1S/C18H22N4O4S/c23-18(20-9-11-26-12-10-20)17-7-4-8-22(17)27(24,25)16-13-19-21(14-16)15-5-2-1-3-6-15/h1-3,5-6,13-14,17H,4,7-12H2. The molecule has 2 aliphatic heterocycles. The highest BCUT2D eigenvalue weighted by molar-refractivity contribution is 7.89. The van der Waals surface area contributed by atoms with Gasteiger partial charge in [0.15, 0.2) is 0 Å². The number of nitrogens with zero attached hydrogens (tertiary/aromatic N) is 4. The molecule has 0 spiro atoms. The first-order valence-electron chi connectivity index (χ1n) is 9.06. The number of aromatic nitrogens is 2. The van der Waals surface area contributed by atoms with Crippen LogP contribution in [-0.2, 0) is 19.6 Å². The number of carbonyl (C=O) groups excluding carboxylic acids is 1. The number of hydrogen-bond acceptors (Lipinski definition) is 5. The van der Waals surface area contributed by atoms with E-state index in [1.807, 2.05) is 30.3 Å². The summed E-state index contributed by atoms with van der Waals surface area (Å²) < 4.78 is 34.5. The number of rotatable bonds is 4. The first-order chi connectivity index (χ1) is 13.1. The lowest BCUT2D eigenvalue weighted by Gasteiger charge is -2.32. The Hall–Kier alpha value is -2.23. The Bertz CT molecular complexity index is 906. The van der Waals surface area contributed by atoms with Crippen LogP contribution in [0.15, 0.2) is 47.6 Å². The van der Waals surface area contributed by atoms with Crippen molar-refractivity contribution in [1.29, 1.82) is 0 Å². The molecule has 0 N–H and O–H groups in total. The second kappa shape index (κ2) is 7.41. The van der Waals surface area contributed by atoms with Gasteiger partial charge in [-0.1, -0.05) is 18.2 Å². The zero-order valence-corrected chi connectivity index (χ0v) is 15.7.